The standard InChI is InChI=1S/C24H23N3O2S/c1-16(17-7-3-2-4-8-17)27-14-13-18(15-27)25-23(28)20-11-12-21(29-20)24-26-19-9-5-6-10-22(19)30-24/h2-12,16,18H,13-15H2,1H3,(H,25,28). The highest BCUT2D eigenvalue weighted by Gasteiger charge is 2.28. The minimum absolute atomic E-state index is 0.125. The first-order chi connectivity index (χ1) is 14.7. The summed E-state index contributed by atoms with van der Waals surface area (Å²) >= 11 is 1.57. The van der Waals surface area contributed by atoms with Crippen LogP contribution in [-0.4, -0.2) is 34.9 Å². The molecule has 2 unspecified atom stereocenters. The predicted molar refractivity (Wildman–Crippen MR) is 120 cm³/mol. The van der Waals surface area contributed by atoms with Gasteiger partial charge in [-0.2, -0.15) is 0 Å². The van der Waals surface area contributed by atoms with E-state index in [4.69, 9.17) is 4.42 Å². The van der Waals surface area contributed by atoms with E-state index in [1.54, 1.807) is 17.4 Å². The molecule has 152 valence electrons. The number of hydrogen-bond acceptors (Lipinski definition) is 5. The molecule has 2 aromatic carbocycles. The minimum Gasteiger partial charge on any atom is -0.448 e. The van der Waals surface area contributed by atoms with Crippen molar-refractivity contribution in [2.45, 2.75) is 25.4 Å². The van der Waals surface area contributed by atoms with Crippen LogP contribution in [0.1, 0.15) is 35.5 Å². The Morgan fingerprint density at radius 1 is 1.13 bits per heavy atom. The summed E-state index contributed by atoms with van der Waals surface area (Å²) in [6.45, 7) is 4.03. The summed E-state index contributed by atoms with van der Waals surface area (Å²) in [6.07, 6.45) is 0.939. The third-order valence-electron chi connectivity index (χ3n) is 5.72. The van der Waals surface area contributed by atoms with E-state index in [2.05, 4.69) is 46.4 Å². The molecule has 3 heterocycles. The lowest BCUT2D eigenvalue weighted by Crippen LogP contribution is -2.37. The lowest BCUT2D eigenvalue weighted by atomic mass is 10.1. The molecule has 1 saturated heterocycles. The number of furan rings is 1. The average Bonchev–Trinajstić information content (AvgIpc) is 3.52. The molecule has 1 aliphatic heterocycles. The van der Waals surface area contributed by atoms with Gasteiger partial charge in [-0.1, -0.05) is 42.5 Å². The largest absolute Gasteiger partial charge is 0.448 e. The van der Waals surface area contributed by atoms with Crippen LogP contribution in [0.2, 0.25) is 0 Å². The molecule has 0 saturated carbocycles. The Hall–Kier alpha value is -2.96. The zero-order valence-corrected chi connectivity index (χ0v) is 17.6. The van der Waals surface area contributed by atoms with Crippen molar-refractivity contribution in [1.82, 2.24) is 15.2 Å². The Kier molecular flexibility index (Phi) is 5.11. The number of likely N-dealkylation sites (tertiary alicyclic amines) is 1. The summed E-state index contributed by atoms with van der Waals surface area (Å²) in [5, 5.41) is 3.92. The van der Waals surface area contributed by atoms with E-state index >= 15 is 0 Å². The number of nitrogens with zero attached hydrogens (tertiary/aromatic N) is 2. The Bertz CT molecular complexity index is 1130. The Morgan fingerprint density at radius 2 is 1.93 bits per heavy atom. The summed E-state index contributed by atoms with van der Waals surface area (Å²) in [6, 6.07) is 22.5. The van der Waals surface area contributed by atoms with Crippen LogP contribution in [0.5, 0.6) is 0 Å². The monoisotopic (exact) mass is 417 g/mol. The maximum absolute atomic E-state index is 12.7. The second-order valence-corrected chi connectivity index (χ2v) is 8.72. The molecule has 2 atom stereocenters. The third-order valence-corrected chi connectivity index (χ3v) is 6.77. The molecule has 0 spiro atoms. The minimum atomic E-state index is -0.165. The van der Waals surface area contributed by atoms with Crippen LogP contribution in [0, 0.1) is 0 Å². The fourth-order valence-corrected chi connectivity index (χ4v) is 4.94. The van der Waals surface area contributed by atoms with E-state index in [1.165, 1.54) is 5.56 Å². The smallest absolute Gasteiger partial charge is 0.287 e. The number of carbonyl (C=O) groups excluding carboxylic acids is 1. The molecule has 1 aliphatic rings. The summed E-state index contributed by atoms with van der Waals surface area (Å²) < 4.78 is 6.94. The molecule has 0 bridgehead atoms. The molecular formula is C24H23N3O2S. The van der Waals surface area contributed by atoms with Gasteiger partial charge in [0.1, 0.15) is 0 Å². The van der Waals surface area contributed by atoms with Gasteiger partial charge < -0.3 is 9.73 Å². The van der Waals surface area contributed by atoms with Crippen molar-refractivity contribution in [2.75, 3.05) is 13.1 Å². The molecule has 2 aromatic heterocycles. The van der Waals surface area contributed by atoms with E-state index in [0.717, 1.165) is 34.7 Å². The number of nitrogens with one attached hydrogen (secondary N) is 1. The van der Waals surface area contributed by atoms with Crippen molar-refractivity contribution in [1.29, 1.82) is 0 Å². The number of aromatic nitrogens is 1. The van der Waals surface area contributed by atoms with E-state index < -0.39 is 0 Å². The molecular weight excluding hydrogens is 394 g/mol. The predicted octanol–water partition coefficient (Wildman–Crippen LogP) is 5.12. The number of thiazole rings is 1. The van der Waals surface area contributed by atoms with Crippen molar-refractivity contribution < 1.29 is 9.21 Å². The van der Waals surface area contributed by atoms with Gasteiger partial charge in [-0.25, -0.2) is 4.98 Å². The van der Waals surface area contributed by atoms with E-state index in [-0.39, 0.29) is 11.9 Å². The lowest BCUT2D eigenvalue weighted by Gasteiger charge is -2.24. The normalized spacial score (nSPS) is 18.0. The molecule has 1 fully saturated rings. The van der Waals surface area contributed by atoms with E-state index in [1.807, 2.05) is 36.4 Å². The van der Waals surface area contributed by atoms with Crippen molar-refractivity contribution in [3.8, 4) is 10.8 Å². The Labute approximate surface area is 179 Å². The van der Waals surface area contributed by atoms with Gasteiger partial charge in [-0.3, -0.25) is 9.69 Å². The number of hydrogen-bond donors (Lipinski definition) is 1. The van der Waals surface area contributed by atoms with Gasteiger partial charge in [0, 0.05) is 25.2 Å². The van der Waals surface area contributed by atoms with Crippen LogP contribution < -0.4 is 5.32 Å². The highest BCUT2D eigenvalue weighted by molar-refractivity contribution is 7.21. The Balaban J connectivity index is 1.23. The maximum atomic E-state index is 12.7. The van der Waals surface area contributed by atoms with Crippen molar-refractivity contribution in [2.24, 2.45) is 0 Å². The first-order valence-electron chi connectivity index (χ1n) is 10.2. The third kappa shape index (κ3) is 3.76. The molecule has 5 nitrogen and oxygen atoms in total. The van der Waals surface area contributed by atoms with Crippen molar-refractivity contribution in [3.05, 3.63) is 78.1 Å². The SMILES string of the molecule is CC(c1ccccc1)N1CCC(NC(=O)c2ccc(-c3nc4ccccc4s3)o2)C1. The quantitative estimate of drug-likeness (QED) is 0.490. The lowest BCUT2D eigenvalue weighted by molar-refractivity contribution is 0.0909. The van der Waals surface area contributed by atoms with Crippen LogP contribution in [-0.2, 0) is 0 Å². The van der Waals surface area contributed by atoms with Crippen LogP contribution >= 0.6 is 11.3 Å². The van der Waals surface area contributed by atoms with Crippen LogP contribution in [0.3, 0.4) is 0 Å². The topological polar surface area (TPSA) is 58.4 Å². The zero-order chi connectivity index (χ0) is 20.5. The fourth-order valence-electron chi connectivity index (χ4n) is 4.01. The van der Waals surface area contributed by atoms with Gasteiger partial charge in [-0.15, -0.1) is 11.3 Å². The summed E-state index contributed by atoms with van der Waals surface area (Å²) in [4.78, 5) is 19.7. The molecule has 4 aromatic rings. The first-order valence-corrected chi connectivity index (χ1v) is 11.0. The molecule has 0 radical (unpaired) electrons. The van der Waals surface area contributed by atoms with Gasteiger partial charge in [0.2, 0.25) is 0 Å². The number of carbonyl (C=O) groups is 1. The van der Waals surface area contributed by atoms with Crippen LogP contribution in [0.15, 0.2) is 71.1 Å². The van der Waals surface area contributed by atoms with Gasteiger partial charge in [0.05, 0.1) is 10.2 Å². The molecule has 1 amide bonds. The average molecular weight is 418 g/mol. The van der Waals surface area contributed by atoms with Gasteiger partial charge in [0.25, 0.3) is 5.91 Å². The van der Waals surface area contributed by atoms with E-state index in [0.29, 0.717) is 17.6 Å². The van der Waals surface area contributed by atoms with Gasteiger partial charge in [0.15, 0.2) is 16.5 Å². The van der Waals surface area contributed by atoms with Crippen LogP contribution in [0.25, 0.3) is 21.0 Å². The number of fused-ring (bicyclic) bond motifs is 1. The maximum Gasteiger partial charge on any atom is 0.287 e. The first kappa shape index (κ1) is 19.0. The van der Waals surface area contributed by atoms with Crippen molar-refractivity contribution in [3.63, 3.8) is 0 Å². The molecule has 30 heavy (non-hydrogen) atoms. The second kappa shape index (κ2) is 8.05. The number of para-hydroxylation sites is 1. The van der Waals surface area contributed by atoms with Crippen molar-refractivity contribution >= 4 is 27.5 Å². The van der Waals surface area contributed by atoms with Crippen LogP contribution in [0.4, 0.5) is 0 Å². The van der Waals surface area contributed by atoms with Gasteiger partial charge >= 0.3 is 0 Å². The second-order valence-electron chi connectivity index (χ2n) is 7.69. The van der Waals surface area contributed by atoms with Gasteiger partial charge in [-0.05, 0) is 43.2 Å². The number of rotatable bonds is 5. The molecule has 1 N–H and O–H groups in total. The summed E-state index contributed by atoms with van der Waals surface area (Å²) in [5.74, 6) is 0.799. The highest BCUT2D eigenvalue weighted by atomic mass is 32.1. The molecule has 6 heteroatoms. The molecule has 0 aliphatic carbocycles. The highest BCUT2D eigenvalue weighted by Crippen LogP contribution is 2.31. The summed E-state index contributed by atoms with van der Waals surface area (Å²) in [5.41, 5.74) is 2.24. The fraction of sp³-hybridized carbons (Fsp3) is 0.250. The zero-order valence-electron chi connectivity index (χ0n) is 16.7. The summed E-state index contributed by atoms with van der Waals surface area (Å²) in [7, 11) is 0. The molecule has 5 rings (SSSR count). The number of amides is 1. The number of benzene rings is 2. The van der Waals surface area contributed by atoms with E-state index in [9.17, 15) is 4.79 Å². The Morgan fingerprint density at radius 3 is 2.77 bits per heavy atom.